The molecule has 0 fully saturated rings. The molecule has 0 saturated heterocycles. The highest BCUT2D eigenvalue weighted by atomic mass is 16.5. The first kappa shape index (κ1) is 16.9. The number of H-pyrrole nitrogens is 1. The van der Waals surface area contributed by atoms with Crippen LogP contribution in [0.5, 0.6) is 0 Å². The van der Waals surface area contributed by atoms with Crippen LogP contribution in [-0.4, -0.2) is 34.6 Å². The average Bonchev–Trinajstić information content (AvgIpc) is 2.53. The van der Waals surface area contributed by atoms with Crippen LogP contribution in [0.4, 0.5) is 0 Å². The SMILES string of the molecule is CCOCC(C)(C)NC(=O)c1cccc(-c2cc(=O)[nH]cn2)c1. The summed E-state index contributed by atoms with van der Waals surface area (Å²) in [6, 6.07) is 8.42. The van der Waals surface area contributed by atoms with Crippen LogP contribution in [0.15, 0.2) is 41.5 Å². The van der Waals surface area contributed by atoms with Gasteiger partial charge in [-0.25, -0.2) is 4.98 Å². The van der Waals surface area contributed by atoms with Gasteiger partial charge in [-0.15, -0.1) is 0 Å². The molecule has 0 saturated carbocycles. The molecule has 0 aliphatic rings. The maximum atomic E-state index is 12.4. The molecule has 1 aromatic carbocycles. The van der Waals surface area contributed by atoms with E-state index in [1.807, 2.05) is 26.8 Å². The summed E-state index contributed by atoms with van der Waals surface area (Å²) in [6.07, 6.45) is 1.34. The van der Waals surface area contributed by atoms with Gasteiger partial charge in [-0.1, -0.05) is 12.1 Å². The molecule has 0 aliphatic heterocycles. The molecule has 1 amide bonds. The summed E-state index contributed by atoms with van der Waals surface area (Å²) in [5, 5.41) is 2.95. The van der Waals surface area contributed by atoms with Crippen LogP contribution in [0.25, 0.3) is 11.3 Å². The number of carbonyl (C=O) groups excluding carboxylic acids is 1. The van der Waals surface area contributed by atoms with E-state index in [2.05, 4.69) is 15.3 Å². The molecule has 2 N–H and O–H groups in total. The van der Waals surface area contributed by atoms with E-state index in [4.69, 9.17) is 4.74 Å². The van der Waals surface area contributed by atoms with Gasteiger partial charge in [0.2, 0.25) is 0 Å². The van der Waals surface area contributed by atoms with Gasteiger partial charge in [0.15, 0.2) is 0 Å². The van der Waals surface area contributed by atoms with Crippen molar-refractivity contribution in [3.63, 3.8) is 0 Å². The van der Waals surface area contributed by atoms with Crippen molar-refractivity contribution in [1.29, 1.82) is 0 Å². The molecular weight excluding hydrogens is 294 g/mol. The van der Waals surface area contributed by atoms with E-state index in [1.165, 1.54) is 12.4 Å². The minimum atomic E-state index is -0.467. The normalized spacial score (nSPS) is 11.3. The summed E-state index contributed by atoms with van der Waals surface area (Å²) >= 11 is 0. The fourth-order valence-electron chi connectivity index (χ4n) is 2.12. The average molecular weight is 315 g/mol. The molecule has 0 spiro atoms. The minimum Gasteiger partial charge on any atom is -0.379 e. The number of aromatic amines is 1. The number of aromatic nitrogens is 2. The van der Waals surface area contributed by atoms with E-state index in [0.29, 0.717) is 30.0 Å². The number of ether oxygens (including phenoxy) is 1. The molecule has 2 rings (SSSR count). The lowest BCUT2D eigenvalue weighted by Gasteiger charge is -2.26. The van der Waals surface area contributed by atoms with Crippen molar-refractivity contribution in [2.75, 3.05) is 13.2 Å². The fraction of sp³-hybridized carbons (Fsp3) is 0.353. The molecule has 0 atom stereocenters. The highest BCUT2D eigenvalue weighted by Gasteiger charge is 2.21. The van der Waals surface area contributed by atoms with Gasteiger partial charge in [0.1, 0.15) is 0 Å². The zero-order valence-corrected chi connectivity index (χ0v) is 13.6. The summed E-state index contributed by atoms with van der Waals surface area (Å²) in [4.78, 5) is 30.4. The molecular formula is C17H21N3O3. The summed E-state index contributed by atoms with van der Waals surface area (Å²) in [7, 11) is 0. The van der Waals surface area contributed by atoms with Gasteiger partial charge in [-0.05, 0) is 32.9 Å². The van der Waals surface area contributed by atoms with Gasteiger partial charge < -0.3 is 15.0 Å². The molecule has 6 nitrogen and oxygen atoms in total. The third-order valence-corrected chi connectivity index (χ3v) is 3.22. The minimum absolute atomic E-state index is 0.193. The number of nitrogens with one attached hydrogen (secondary N) is 2. The molecule has 122 valence electrons. The molecule has 1 aromatic heterocycles. The topological polar surface area (TPSA) is 84.1 Å². The summed E-state index contributed by atoms with van der Waals surface area (Å²) in [5.41, 5.74) is 1.05. The second kappa shape index (κ2) is 7.19. The molecule has 1 heterocycles. The number of amides is 1. The predicted molar refractivity (Wildman–Crippen MR) is 88.3 cm³/mol. The number of hydrogen-bond acceptors (Lipinski definition) is 4. The van der Waals surface area contributed by atoms with Crippen LogP contribution in [0.1, 0.15) is 31.1 Å². The Hall–Kier alpha value is -2.47. The number of nitrogens with zero attached hydrogens (tertiary/aromatic N) is 1. The number of carbonyl (C=O) groups is 1. The Morgan fingerprint density at radius 3 is 2.83 bits per heavy atom. The fourth-order valence-corrected chi connectivity index (χ4v) is 2.12. The van der Waals surface area contributed by atoms with E-state index in [1.54, 1.807) is 18.2 Å². The van der Waals surface area contributed by atoms with E-state index in [-0.39, 0.29) is 11.5 Å². The Kier molecular flexibility index (Phi) is 5.28. The highest BCUT2D eigenvalue weighted by Crippen LogP contribution is 2.17. The first-order chi connectivity index (χ1) is 10.9. The predicted octanol–water partition coefficient (Wildman–Crippen LogP) is 1.98. The molecule has 0 aliphatic carbocycles. The van der Waals surface area contributed by atoms with Crippen LogP contribution < -0.4 is 10.9 Å². The van der Waals surface area contributed by atoms with Gasteiger partial charge >= 0.3 is 0 Å². The summed E-state index contributed by atoms with van der Waals surface area (Å²) in [6.45, 7) is 6.76. The largest absolute Gasteiger partial charge is 0.379 e. The Balaban J connectivity index is 2.19. The van der Waals surface area contributed by atoms with Crippen molar-refractivity contribution in [3.05, 3.63) is 52.6 Å². The molecule has 23 heavy (non-hydrogen) atoms. The summed E-state index contributed by atoms with van der Waals surface area (Å²) < 4.78 is 5.38. The molecule has 6 heteroatoms. The van der Waals surface area contributed by atoms with Crippen molar-refractivity contribution in [3.8, 4) is 11.3 Å². The monoisotopic (exact) mass is 315 g/mol. The standard InChI is InChI=1S/C17H21N3O3/c1-4-23-10-17(2,3)20-16(22)13-7-5-6-12(8-13)14-9-15(21)19-11-18-14/h5-9,11H,4,10H2,1-3H3,(H,20,22)(H,18,19,21). The summed E-state index contributed by atoms with van der Waals surface area (Å²) in [5.74, 6) is -0.193. The Bertz CT molecular complexity index is 738. The first-order valence-electron chi connectivity index (χ1n) is 7.47. The van der Waals surface area contributed by atoms with Gasteiger partial charge in [0, 0.05) is 23.8 Å². The Labute approximate surface area is 134 Å². The van der Waals surface area contributed by atoms with Gasteiger partial charge in [0.05, 0.1) is 24.2 Å². The lowest BCUT2D eigenvalue weighted by atomic mass is 10.0. The van der Waals surface area contributed by atoms with Crippen molar-refractivity contribution in [1.82, 2.24) is 15.3 Å². The van der Waals surface area contributed by atoms with Crippen LogP contribution in [0.2, 0.25) is 0 Å². The van der Waals surface area contributed by atoms with Gasteiger partial charge in [-0.3, -0.25) is 9.59 Å². The maximum Gasteiger partial charge on any atom is 0.251 e. The third kappa shape index (κ3) is 4.75. The van der Waals surface area contributed by atoms with Gasteiger partial charge in [0.25, 0.3) is 11.5 Å². The lowest BCUT2D eigenvalue weighted by molar-refractivity contribution is 0.0725. The van der Waals surface area contributed by atoms with Crippen molar-refractivity contribution < 1.29 is 9.53 Å². The van der Waals surface area contributed by atoms with E-state index in [9.17, 15) is 9.59 Å². The molecule has 0 bridgehead atoms. The first-order valence-corrected chi connectivity index (χ1v) is 7.47. The zero-order valence-electron chi connectivity index (χ0n) is 13.6. The van der Waals surface area contributed by atoms with Crippen LogP contribution in [-0.2, 0) is 4.74 Å². The number of rotatable bonds is 6. The van der Waals surface area contributed by atoms with Gasteiger partial charge in [-0.2, -0.15) is 0 Å². The van der Waals surface area contributed by atoms with Crippen LogP contribution in [0.3, 0.4) is 0 Å². The van der Waals surface area contributed by atoms with Crippen molar-refractivity contribution in [2.45, 2.75) is 26.3 Å². The third-order valence-electron chi connectivity index (χ3n) is 3.22. The Morgan fingerprint density at radius 1 is 1.35 bits per heavy atom. The van der Waals surface area contributed by atoms with Crippen LogP contribution >= 0.6 is 0 Å². The van der Waals surface area contributed by atoms with Crippen molar-refractivity contribution >= 4 is 5.91 Å². The van der Waals surface area contributed by atoms with E-state index < -0.39 is 5.54 Å². The zero-order chi connectivity index (χ0) is 16.9. The van der Waals surface area contributed by atoms with E-state index in [0.717, 1.165) is 0 Å². The van der Waals surface area contributed by atoms with Crippen LogP contribution in [0, 0.1) is 0 Å². The molecule has 0 radical (unpaired) electrons. The van der Waals surface area contributed by atoms with E-state index >= 15 is 0 Å². The maximum absolute atomic E-state index is 12.4. The highest BCUT2D eigenvalue weighted by molar-refractivity contribution is 5.95. The molecule has 0 unspecified atom stereocenters. The lowest BCUT2D eigenvalue weighted by Crippen LogP contribution is -2.47. The Morgan fingerprint density at radius 2 is 2.13 bits per heavy atom. The van der Waals surface area contributed by atoms with Crippen molar-refractivity contribution in [2.24, 2.45) is 0 Å². The number of hydrogen-bond donors (Lipinski definition) is 2. The molecule has 2 aromatic rings. The quantitative estimate of drug-likeness (QED) is 0.854. The second-order valence-corrected chi connectivity index (χ2v) is 5.85. The number of benzene rings is 1. The smallest absolute Gasteiger partial charge is 0.251 e. The second-order valence-electron chi connectivity index (χ2n) is 5.85.